The van der Waals surface area contributed by atoms with E-state index >= 15 is 0 Å². The van der Waals surface area contributed by atoms with Gasteiger partial charge in [-0.1, -0.05) is 31.3 Å². The van der Waals surface area contributed by atoms with Gasteiger partial charge in [-0.2, -0.15) is 4.98 Å². The molecule has 0 amide bonds. The molecule has 5 nitrogen and oxygen atoms in total. The third-order valence-electron chi connectivity index (χ3n) is 4.89. The van der Waals surface area contributed by atoms with Gasteiger partial charge in [0, 0.05) is 25.6 Å². The Balaban J connectivity index is 1.47. The molecule has 5 heteroatoms. The molecule has 2 heterocycles. The highest BCUT2D eigenvalue weighted by molar-refractivity contribution is 4.98. The van der Waals surface area contributed by atoms with Gasteiger partial charge >= 0.3 is 0 Å². The minimum Gasteiger partial charge on any atom is -0.339 e. The quantitative estimate of drug-likeness (QED) is 0.873. The maximum atomic E-state index is 5.27. The normalized spacial score (nSPS) is 24.7. The van der Waals surface area contributed by atoms with Crippen LogP contribution in [0.25, 0.3) is 0 Å². The summed E-state index contributed by atoms with van der Waals surface area (Å²) in [5.74, 6) is 1.65. The number of hydrogen-bond acceptors (Lipinski definition) is 5. The summed E-state index contributed by atoms with van der Waals surface area (Å²) >= 11 is 0. The summed E-state index contributed by atoms with van der Waals surface area (Å²) in [5.41, 5.74) is 0. The van der Waals surface area contributed by atoms with Gasteiger partial charge in [0.15, 0.2) is 5.82 Å². The lowest BCUT2D eigenvalue weighted by atomic mass is 9.95. The van der Waals surface area contributed by atoms with Crippen LogP contribution < -0.4 is 5.32 Å². The monoisotopic (exact) mass is 292 g/mol. The lowest BCUT2D eigenvalue weighted by molar-refractivity contribution is 0.234. The van der Waals surface area contributed by atoms with Crippen LogP contribution in [0.3, 0.4) is 0 Å². The summed E-state index contributed by atoms with van der Waals surface area (Å²) in [7, 11) is 0. The van der Waals surface area contributed by atoms with E-state index in [-0.39, 0.29) is 0 Å². The summed E-state index contributed by atoms with van der Waals surface area (Å²) in [6.45, 7) is 5.39. The van der Waals surface area contributed by atoms with Crippen LogP contribution in [0.15, 0.2) is 4.52 Å². The second-order valence-corrected chi connectivity index (χ2v) is 6.38. The molecule has 0 bridgehead atoms. The van der Waals surface area contributed by atoms with Gasteiger partial charge in [-0.3, -0.25) is 4.90 Å². The first kappa shape index (κ1) is 15.0. The molecule has 0 aromatic carbocycles. The summed E-state index contributed by atoms with van der Waals surface area (Å²) in [6.07, 6.45) is 10.1. The third-order valence-corrected chi connectivity index (χ3v) is 4.89. The highest BCUT2D eigenvalue weighted by Gasteiger charge is 2.29. The molecule has 1 saturated heterocycles. The van der Waals surface area contributed by atoms with Crippen LogP contribution in [0.1, 0.15) is 69.6 Å². The SMILES string of the molecule is CCc1nc(C2CCCN2CCNC2CCCCC2)no1. The van der Waals surface area contributed by atoms with Gasteiger partial charge in [0.25, 0.3) is 0 Å². The topological polar surface area (TPSA) is 54.2 Å². The largest absolute Gasteiger partial charge is 0.339 e. The zero-order valence-electron chi connectivity index (χ0n) is 13.2. The Morgan fingerprint density at radius 1 is 1.19 bits per heavy atom. The zero-order valence-corrected chi connectivity index (χ0v) is 13.2. The molecule has 21 heavy (non-hydrogen) atoms. The first-order chi connectivity index (χ1) is 10.4. The van der Waals surface area contributed by atoms with Crippen LogP contribution in [0.2, 0.25) is 0 Å². The maximum Gasteiger partial charge on any atom is 0.226 e. The molecule has 2 fully saturated rings. The number of nitrogens with one attached hydrogen (secondary N) is 1. The molecule has 1 unspecified atom stereocenters. The number of aromatic nitrogens is 2. The first-order valence-electron chi connectivity index (χ1n) is 8.66. The van der Waals surface area contributed by atoms with E-state index in [4.69, 9.17) is 4.52 Å². The number of nitrogens with zero attached hydrogens (tertiary/aromatic N) is 3. The second-order valence-electron chi connectivity index (χ2n) is 6.38. The predicted molar refractivity (Wildman–Crippen MR) is 82.1 cm³/mol. The molecule has 1 aliphatic heterocycles. The van der Waals surface area contributed by atoms with Gasteiger partial charge in [-0.05, 0) is 32.2 Å². The van der Waals surface area contributed by atoms with E-state index in [1.807, 2.05) is 0 Å². The molecule has 1 aliphatic carbocycles. The van der Waals surface area contributed by atoms with Gasteiger partial charge in [0.1, 0.15) is 0 Å². The Bertz CT molecular complexity index is 428. The van der Waals surface area contributed by atoms with Crippen LogP contribution in [-0.4, -0.2) is 40.7 Å². The van der Waals surface area contributed by atoms with Crippen molar-refractivity contribution >= 4 is 0 Å². The molecule has 0 radical (unpaired) electrons. The number of rotatable bonds is 6. The molecule has 3 rings (SSSR count). The maximum absolute atomic E-state index is 5.27. The van der Waals surface area contributed by atoms with Crippen molar-refractivity contribution in [1.29, 1.82) is 0 Å². The van der Waals surface area contributed by atoms with Crippen LogP contribution in [-0.2, 0) is 6.42 Å². The molecular formula is C16H28N4O. The van der Waals surface area contributed by atoms with Crippen molar-refractivity contribution in [2.45, 2.75) is 70.4 Å². The van der Waals surface area contributed by atoms with Crippen molar-refractivity contribution in [2.24, 2.45) is 0 Å². The Kier molecular flexibility index (Phi) is 5.25. The van der Waals surface area contributed by atoms with Gasteiger partial charge < -0.3 is 9.84 Å². The molecule has 1 saturated carbocycles. The summed E-state index contributed by atoms with van der Waals surface area (Å²) in [4.78, 5) is 7.03. The molecule has 1 aromatic rings. The van der Waals surface area contributed by atoms with Gasteiger partial charge in [0.05, 0.1) is 6.04 Å². The van der Waals surface area contributed by atoms with Crippen molar-refractivity contribution in [3.05, 3.63) is 11.7 Å². The highest BCUT2D eigenvalue weighted by Crippen LogP contribution is 2.29. The van der Waals surface area contributed by atoms with Crippen LogP contribution in [0.5, 0.6) is 0 Å². The molecule has 1 atom stereocenters. The smallest absolute Gasteiger partial charge is 0.226 e. The van der Waals surface area contributed by atoms with E-state index in [0.717, 1.165) is 50.2 Å². The van der Waals surface area contributed by atoms with Gasteiger partial charge in [-0.25, -0.2) is 0 Å². The minimum absolute atomic E-state index is 0.363. The molecule has 1 aromatic heterocycles. The number of hydrogen-bond donors (Lipinski definition) is 1. The van der Waals surface area contributed by atoms with Gasteiger partial charge in [-0.15, -0.1) is 0 Å². The molecule has 2 aliphatic rings. The fraction of sp³-hybridized carbons (Fsp3) is 0.875. The molecule has 118 valence electrons. The van der Waals surface area contributed by atoms with Crippen molar-refractivity contribution in [2.75, 3.05) is 19.6 Å². The molecular weight excluding hydrogens is 264 g/mol. The van der Waals surface area contributed by atoms with E-state index in [0.29, 0.717) is 6.04 Å². The first-order valence-corrected chi connectivity index (χ1v) is 8.66. The van der Waals surface area contributed by atoms with Crippen LogP contribution in [0.4, 0.5) is 0 Å². The third kappa shape index (κ3) is 3.83. The average molecular weight is 292 g/mol. The zero-order chi connectivity index (χ0) is 14.5. The van der Waals surface area contributed by atoms with E-state index in [1.165, 1.54) is 38.5 Å². The standard InChI is InChI=1S/C16H28N4O/c1-2-15-18-16(19-21-15)14-9-6-11-20(14)12-10-17-13-7-4-3-5-8-13/h13-14,17H,2-12H2,1H3. The minimum atomic E-state index is 0.363. The van der Waals surface area contributed by atoms with E-state index in [2.05, 4.69) is 27.3 Å². The summed E-state index contributed by atoms with van der Waals surface area (Å²) in [5, 5.41) is 7.90. The van der Waals surface area contributed by atoms with Crippen molar-refractivity contribution in [3.8, 4) is 0 Å². The lowest BCUT2D eigenvalue weighted by Gasteiger charge is -2.26. The van der Waals surface area contributed by atoms with E-state index < -0.39 is 0 Å². The summed E-state index contributed by atoms with van der Waals surface area (Å²) in [6, 6.07) is 1.11. The second kappa shape index (κ2) is 7.36. The van der Waals surface area contributed by atoms with Crippen LogP contribution in [0, 0.1) is 0 Å². The Labute approximate surface area is 127 Å². The van der Waals surface area contributed by atoms with Crippen molar-refractivity contribution < 1.29 is 4.52 Å². The highest BCUT2D eigenvalue weighted by atomic mass is 16.5. The van der Waals surface area contributed by atoms with Crippen molar-refractivity contribution in [3.63, 3.8) is 0 Å². The van der Waals surface area contributed by atoms with Gasteiger partial charge in [0.2, 0.25) is 5.89 Å². The Morgan fingerprint density at radius 2 is 2.05 bits per heavy atom. The number of aryl methyl sites for hydroxylation is 1. The lowest BCUT2D eigenvalue weighted by Crippen LogP contribution is -2.38. The van der Waals surface area contributed by atoms with Crippen molar-refractivity contribution in [1.82, 2.24) is 20.4 Å². The van der Waals surface area contributed by atoms with Crippen LogP contribution >= 0.6 is 0 Å². The predicted octanol–water partition coefficient (Wildman–Crippen LogP) is 2.69. The molecule has 1 N–H and O–H groups in total. The Hall–Kier alpha value is -0.940. The number of likely N-dealkylation sites (tertiary alicyclic amines) is 1. The average Bonchev–Trinajstić information content (AvgIpc) is 3.16. The van der Waals surface area contributed by atoms with E-state index in [1.54, 1.807) is 0 Å². The summed E-state index contributed by atoms with van der Waals surface area (Å²) < 4.78 is 5.27. The molecule has 0 spiro atoms. The van der Waals surface area contributed by atoms with E-state index in [9.17, 15) is 0 Å². The fourth-order valence-electron chi connectivity index (χ4n) is 3.65. The fourth-order valence-corrected chi connectivity index (χ4v) is 3.65. The Morgan fingerprint density at radius 3 is 2.81 bits per heavy atom.